The van der Waals surface area contributed by atoms with Crippen LogP contribution in [0.2, 0.25) is 0 Å². The van der Waals surface area contributed by atoms with Crippen LogP contribution in [0.25, 0.3) is 0 Å². The Morgan fingerprint density at radius 3 is 2.68 bits per heavy atom. The molecular formula is C12H16FNO4S. The van der Waals surface area contributed by atoms with Crippen LogP contribution in [0.3, 0.4) is 0 Å². The van der Waals surface area contributed by atoms with E-state index in [1.165, 1.54) is 12.1 Å². The van der Waals surface area contributed by atoms with Crippen LogP contribution >= 0.6 is 0 Å². The quantitative estimate of drug-likeness (QED) is 0.824. The van der Waals surface area contributed by atoms with Crippen LogP contribution in [0.1, 0.15) is 5.56 Å². The van der Waals surface area contributed by atoms with Gasteiger partial charge in [-0.25, -0.2) is 17.5 Å². The first-order valence-corrected chi connectivity index (χ1v) is 7.31. The number of benzene rings is 1. The molecule has 0 atom stereocenters. The number of aliphatic hydroxyl groups excluding tert-OH is 1. The summed E-state index contributed by atoms with van der Waals surface area (Å²) in [5.41, 5.74) is -0.0919. The van der Waals surface area contributed by atoms with Gasteiger partial charge in [0, 0.05) is 6.54 Å². The first-order valence-electron chi connectivity index (χ1n) is 5.83. The summed E-state index contributed by atoms with van der Waals surface area (Å²) in [6, 6.07) is 3.61. The van der Waals surface area contributed by atoms with E-state index < -0.39 is 21.3 Å². The molecule has 19 heavy (non-hydrogen) atoms. The van der Waals surface area contributed by atoms with Crippen LogP contribution in [-0.2, 0) is 14.8 Å². The zero-order valence-corrected chi connectivity index (χ0v) is 11.3. The van der Waals surface area contributed by atoms with Gasteiger partial charge < -0.3 is 9.84 Å². The van der Waals surface area contributed by atoms with E-state index in [4.69, 9.17) is 4.74 Å². The normalized spacial score (nSPS) is 18.1. The molecule has 0 unspecified atom stereocenters. The number of hydrogen-bond acceptors (Lipinski definition) is 4. The molecule has 2 rings (SSSR count). The smallest absolute Gasteiger partial charge is 0.240 e. The molecule has 2 N–H and O–H groups in total. The van der Waals surface area contributed by atoms with E-state index >= 15 is 0 Å². The topological polar surface area (TPSA) is 75.6 Å². The lowest BCUT2D eigenvalue weighted by Crippen LogP contribution is -2.53. The molecule has 0 aliphatic carbocycles. The molecule has 0 aromatic heterocycles. The van der Waals surface area contributed by atoms with Crippen molar-refractivity contribution < 1.29 is 22.7 Å². The second-order valence-corrected chi connectivity index (χ2v) is 6.62. The van der Waals surface area contributed by atoms with Crippen molar-refractivity contribution in [3.8, 4) is 0 Å². The molecular weight excluding hydrogens is 273 g/mol. The zero-order chi connectivity index (χ0) is 14.1. The van der Waals surface area contributed by atoms with Gasteiger partial charge in [-0.15, -0.1) is 0 Å². The van der Waals surface area contributed by atoms with E-state index in [-0.39, 0.29) is 18.0 Å². The molecule has 1 aliphatic rings. The molecule has 1 aromatic carbocycles. The average Bonchev–Trinajstić information content (AvgIpc) is 2.31. The van der Waals surface area contributed by atoms with Crippen molar-refractivity contribution in [2.75, 3.05) is 26.4 Å². The number of aliphatic hydroxyl groups is 1. The maximum absolute atomic E-state index is 13.1. The summed E-state index contributed by atoms with van der Waals surface area (Å²) in [6.07, 6.45) is 0. The Morgan fingerprint density at radius 2 is 2.16 bits per heavy atom. The molecule has 0 amide bonds. The molecule has 1 fully saturated rings. The minimum atomic E-state index is -3.79. The number of halogens is 1. The lowest BCUT2D eigenvalue weighted by Gasteiger charge is -2.39. The summed E-state index contributed by atoms with van der Waals surface area (Å²) >= 11 is 0. The third-order valence-electron chi connectivity index (χ3n) is 3.23. The van der Waals surface area contributed by atoms with E-state index in [0.29, 0.717) is 18.8 Å². The largest absolute Gasteiger partial charge is 0.396 e. The second-order valence-electron chi connectivity index (χ2n) is 4.89. The minimum Gasteiger partial charge on any atom is -0.396 e. The summed E-state index contributed by atoms with van der Waals surface area (Å²) in [7, 11) is -3.79. The highest BCUT2D eigenvalue weighted by molar-refractivity contribution is 7.89. The number of sulfonamides is 1. The van der Waals surface area contributed by atoms with Crippen molar-refractivity contribution in [2.24, 2.45) is 5.41 Å². The standard InChI is InChI=1S/C12H16FNO4S/c1-9-2-3-10(13)4-11(9)19(16,17)14-5-12(6-15)7-18-8-12/h2-4,14-15H,5-8H2,1H3. The van der Waals surface area contributed by atoms with E-state index in [9.17, 15) is 17.9 Å². The van der Waals surface area contributed by atoms with Gasteiger partial charge in [0.15, 0.2) is 0 Å². The van der Waals surface area contributed by atoms with Crippen molar-refractivity contribution >= 4 is 10.0 Å². The second kappa shape index (κ2) is 5.16. The fourth-order valence-electron chi connectivity index (χ4n) is 1.83. The van der Waals surface area contributed by atoms with Gasteiger partial charge in [-0.05, 0) is 24.6 Å². The van der Waals surface area contributed by atoms with Gasteiger partial charge in [-0.1, -0.05) is 6.07 Å². The molecule has 0 spiro atoms. The van der Waals surface area contributed by atoms with E-state index in [2.05, 4.69) is 4.72 Å². The Morgan fingerprint density at radius 1 is 1.47 bits per heavy atom. The maximum Gasteiger partial charge on any atom is 0.240 e. The lowest BCUT2D eigenvalue weighted by molar-refractivity contribution is -0.132. The third-order valence-corrected chi connectivity index (χ3v) is 4.77. The Labute approximate surface area is 111 Å². The third kappa shape index (κ3) is 2.94. The van der Waals surface area contributed by atoms with Gasteiger partial charge in [-0.3, -0.25) is 0 Å². The highest BCUT2D eigenvalue weighted by Crippen LogP contribution is 2.26. The van der Waals surface area contributed by atoms with Crippen molar-refractivity contribution in [2.45, 2.75) is 11.8 Å². The van der Waals surface area contributed by atoms with Crippen molar-refractivity contribution in [1.82, 2.24) is 4.72 Å². The summed E-state index contributed by atoms with van der Waals surface area (Å²) in [5.74, 6) is -0.602. The van der Waals surface area contributed by atoms with Gasteiger partial charge in [-0.2, -0.15) is 0 Å². The molecule has 0 radical (unpaired) electrons. The minimum absolute atomic E-state index is 0.0712. The molecule has 1 saturated heterocycles. The first-order chi connectivity index (χ1) is 8.88. The summed E-state index contributed by atoms with van der Waals surface area (Å²) in [5, 5.41) is 9.23. The maximum atomic E-state index is 13.1. The fraction of sp³-hybridized carbons (Fsp3) is 0.500. The van der Waals surface area contributed by atoms with Crippen LogP contribution in [0.4, 0.5) is 4.39 Å². The van der Waals surface area contributed by atoms with Gasteiger partial charge in [0.1, 0.15) is 5.82 Å². The van der Waals surface area contributed by atoms with Crippen molar-refractivity contribution in [1.29, 1.82) is 0 Å². The van der Waals surface area contributed by atoms with Gasteiger partial charge in [0.05, 0.1) is 30.1 Å². The molecule has 7 heteroatoms. The average molecular weight is 289 g/mol. The van der Waals surface area contributed by atoms with Crippen molar-refractivity contribution in [3.63, 3.8) is 0 Å². The number of ether oxygens (including phenoxy) is 1. The number of aryl methyl sites for hydroxylation is 1. The SMILES string of the molecule is Cc1ccc(F)cc1S(=O)(=O)NCC1(CO)COC1. The molecule has 5 nitrogen and oxygen atoms in total. The molecule has 1 aromatic rings. The molecule has 106 valence electrons. The van der Waals surface area contributed by atoms with Gasteiger partial charge in [0.2, 0.25) is 10.0 Å². The summed E-state index contributed by atoms with van der Waals surface area (Å²) in [4.78, 5) is -0.0826. The van der Waals surface area contributed by atoms with Crippen LogP contribution in [-0.4, -0.2) is 39.9 Å². The zero-order valence-electron chi connectivity index (χ0n) is 10.5. The molecule has 1 heterocycles. The van der Waals surface area contributed by atoms with E-state index in [1.807, 2.05) is 0 Å². The van der Waals surface area contributed by atoms with Crippen LogP contribution < -0.4 is 4.72 Å². The highest BCUT2D eigenvalue weighted by atomic mass is 32.2. The Kier molecular flexibility index (Phi) is 3.91. The predicted octanol–water partition coefficient (Wildman–Crippen LogP) is 0.421. The molecule has 0 bridgehead atoms. The van der Waals surface area contributed by atoms with Crippen molar-refractivity contribution in [3.05, 3.63) is 29.6 Å². The Balaban J connectivity index is 2.16. The molecule has 1 aliphatic heterocycles. The van der Waals surface area contributed by atoms with E-state index in [0.717, 1.165) is 6.07 Å². The summed E-state index contributed by atoms with van der Waals surface area (Å²) < 4.78 is 44.7. The first kappa shape index (κ1) is 14.4. The molecule has 0 saturated carbocycles. The number of nitrogens with one attached hydrogen (secondary N) is 1. The Hall–Kier alpha value is -1.02. The number of rotatable bonds is 5. The summed E-state index contributed by atoms with van der Waals surface area (Å²) in [6.45, 7) is 2.14. The lowest BCUT2D eigenvalue weighted by atomic mass is 9.87. The fourth-order valence-corrected chi connectivity index (χ4v) is 3.24. The van der Waals surface area contributed by atoms with Gasteiger partial charge >= 0.3 is 0 Å². The van der Waals surface area contributed by atoms with Crippen LogP contribution in [0.5, 0.6) is 0 Å². The Bertz CT molecular complexity index is 564. The number of hydrogen-bond donors (Lipinski definition) is 2. The van der Waals surface area contributed by atoms with Crippen LogP contribution in [0, 0.1) is 18.2 Å². The van der Waals surface area contributed by atoms with E-state index in [1.54, 1.807) is 6.92 Å². The monoisotopic (exact) mass is 289 g/mol. The highest BCUT2D eigenvalue weighted by Gasteiger charge is 2.39. The van der Waals surface area contributed by atoms with Gasteiger partial charge in [0.25, 0.3) is 0 Å². The predicted molar refractivity (Wildman–Crippen MR) is 66.7 cm³/mol. The van der Waals surface area contributed by atoms with Crippen LogP contribution in [0.15, 0.2) is 23.1 Å².